The van der Waals surface area contributed by atoms with Crippen LogP contribution in [0.5, 0.6) is 0 Å². The van der Waals surface area contributed by atoms with Gasteiger partial charge in [0.1, 0.15) is 0 Å². The number of rotatable bonds is 5. The maximum Gasteiger partial charge on any atom is 0.417 e. The highest BCUT2D eigenvalue weighted by atomic mass is 19.4. The van der Waals surface area contributed by atoms with Gasteiger partial charge >= 0.3 is 18.3 Å². The molecule has 0 radical (unpaired) electrons. The molecule has 2 aromatic rings. The van der Waals surface area contributed by atoms with Gasteiger partial charge in [0.05, 0.1) is 34.9 Å². The van der Waals surface area contributed by atoms with E-state index >= 15 is 0 Å². The molecule has 2 aliphatic heterocycles. The molecular weight excluding hydrogens is 574 g/mol. The number of benzene rings is 2. The van der Waals surface area contributed by atoms with Gasteiger partial charge in [0.15, 0.2) is 5.78 Å². The maximum absolute atomic E-state index is 13.8. The van der Waals surface area contributed by atoms with Crippen LogP contribution in [0.1, 0.15) is 48.4 Å². The quantitative estimate of drug-likeness (QED) is 0.289. The molecule has 0 spiro atoms. The first-order chi connectivity index (χ1) is 20.3. The average molecular weight is 601 g/mol. The molecule has 224 valence electrons. The number of carbonyl (C=O) groups is 2. The Morgan fingerprint density at radius 1 is 0.977 bits per heavy atom. The molecule has 0 amide bonds. The SMILES string of the molecule is CCOC(=O)C1=CN(C2=CC(=O)C(c3ccccc3C(F)(F)F)C=C2C)C2=C(CNC(c3ccccc3C(F)(F)F)=C2)C1. The lowest BCUT2D eigenvalue weighted by atomic mass is 9.84. The number of allylic oxidation sites excluding steroid dienone is 4. The zero-order chi connectivity index (χ0) is 31.1. The molecule has 0 bridgehead atoms. The summed E-state index contributed by atoms with van der Waals surface area (Å²) in [5, 5.41) is 3.02. The molecule has 0 saturated carbocycles. The molecule has 5 rings (SSSR count). The number of carbonyl (C=O) groups excluding carboxylic acids is 2. The number of hydrogen-bond donors (Lipinski definition) is 1. The molecule has 0 aromatic heterocycles. The zero-order valence-corrected chi connectivity index (χ0v) is 23.1. The Kier molecular flexibility index (Phi) is 7.85. The van der Waals surface area contributed by atoms with Gasteiger partial charge in [-0.05, 0) is 48.8 Å². The van der Waals surface area contributed by atoms with Crippen molar-refractivity contribution in [2.75, 3.05) is 13.2 Å². The van der Waals surface area contributed by atoms with Crippen LogP contribution in [0, 0.1) is 0 Å². The average Bonchev–Trinajstić information content (AvgIpc) is 2.96. The number of hydrogen-bond acceptors (Lipinski definition) is 5. The Labute approximate surface area is 243 Å². The van der Waals surface area contributed by atoms with Gasteiger partial charge in [-0.2, -0.15) is 26.3 Å². The van der Waals surface area contributed by atoms with Crippen LogP contribution in [-0.4, -0.2) is 29.8 Å². The van der Waals surface area contributed by atoms with Crippen LogP contribution >= 0.6 is 0 Å². The third-order valence-corrected chi connectivity index (χ3v) is 7.41. The minimum Gasteiger partial charge on any atom is -0.463 e. The number of esters is 1. The normalized spacial score (nSPS) is 19.1. The first kappa shape index (κ1) is 29.9. The van der Waals surface area contributed by atoms with Crippen LogP contribution < -0.4 is 5.32 Å². The standard InChI is InChI=1S/C32H26F6N2O3/c1-3-43-30(42)20-13-19-16-39-26(22-9-5-7-11-25(22)32(36,37)38)14-28(19)40(17-20)27-15-29(41)23(12-18(27)2)21-8-4-6-10-24(21)31(33,34)35/h4-12,14-15,17,23,39H,3,13,16H2,1-2H3. The summed E-state index contributed by atoms with van der Waals surface area (Å²) < 4.78 is 87.9. The first-order valence-electron chi connectivity index (χ1n) is 13.4. The molecule has 5 nitrogen and oxygen atoms in total. The summed E-state index contributed by atoms with van der Waals surface area (Å²) >= 11 is 0. The van der Waals surface area contributed by atoms with Crippen molar-refractivity contribution in [3.05, 3.63) is 123 Å². The fourth-order valence-electron chi connectivity index (χ4n) is 5.45. The highest BCUT2D eigenvalue weighted by Crippen LogP contribution is 2.42. The third-order valence-electron chi connectivity index (χ3n) is 7.41. The van der Waals surface area contributed by atoms with Gasteiger partial charge in [-0.15, -0.1) is 0 Å². The summed E-state index contributed by atoms with van der Waals surface area (Å²) in [5.74, 6) is -2.42. The second kappa shape index (κ2) is 11.3. The van der Waals surface area contributed by atoms with Gasteiger partial charge < -0.3 is 15.0 Å². The van der Waals surface area contributed by atoms with E-state index in [0.29, 0.717) is 16.8 Å². The van der Waals surface area contributed by atoms with Crippen molar-refractivity contribution in [1.82, 2.24) is 10.2 Å². The van der Waals surface area contributed by atoms with E-state index in [1.54, 1.807) is 13.8 Å². The van der Waals surface area contributed by atoms with E-state index < -0.39 is 41.1 Å². The van der Waals surface area contributed by atoms with E-state index in [0.717, 1.165) is 12.1 Å². The number of ketones is 1. The van der Waals surface area contributed by atoms with Crippen LogP contribution in [0.15, 0.2) is 101 Å². The Hall–Kier alpha value is -4.54. The topological polar surface area (TPSA) is 58.6 Å². The van der Waals surface area contributed by atoms with Gasteiger partial charge in [0.25, 0.3) is 0 Å². The second-order valence-corrected chi connectivity index (χ2v) is 10.2. The Morgan fingerprint density at radius 2 is 1.63 bits per heavy atom. The summed E-state index contributed by atoms with van der Waals surface area (Å²) in [5.41, 5.74) is 0.236. The van der Waals surface area contributed by atoms with Crippen LogP contribution in [-0.2, 0) is 26.7 Å². The van der Waals surface area contributed by atoms with Crippen molar-refractivity contribution in [2.45, 2.75) is 38.5 Å². The molecule has 11 heteroatoms. The Balaban J connectivity index is 1.60. The largest absolute Gasteiger partial charge is 0.463 e. The van der Waals surface area contributed by atoms with Gasteiger partial charge in [-0.3, -0.25) is 4.79 Å². The van der Waals surface area contributed by atoms with Gasteiger partial charge in [-0.1, -0.05) is 42.5 Å². The lowest BCUT2D eigenvalue weighted by Crippen LogP contribution is -2.33. The second-order valence-electron chi connectivity index (χ2n) is 10.2. The molecule has 0 fully saturated rings. The molecule has 1 N–H and O–H groups in total. The molecule has 1 atom stereocenters. The Morgan fingerprint density at radius 3 is 2.30 bits per heavy atom. The van der Waals surface area contributed by atoms with Crippen molar-refractivity contribution >= 4 is 17.4 Å². The Bertz CT molecular complexity index is 1640. The van der Waals surface area contributed by atoms with E-state index in [2.05, 4.69) is 5.32 Å². The van der Waals surface area contributed by atoms with Crippen LogP contribution in [0.2, 0.25) is 0 Å². The van der Waals surface area contributed by atoms with Crippen molar-refractivity contribution in [3.8, 4) is 0 Å². The first-order valence-corrected chi connectivity index (χ1v) is 13.4. The number of nitrogens with zero attached hydrogens (tertiary/aromatic N) is 1. The summed E-state index contributed by atoms with van der Waals surface area (Å²) in [7, 11) is 0. The number of dihydropyridines is 1. The lowest BCUT2D eigenvalue weighted by Gasteiger charge is -2.37. The smallest absolute Gasteiger partial charge is 0.417 e. The number of ether oxygens (including phenoxy) is 1. The third kappa shape index (κ3) is 5.89. The van der Waals surface area contributed by atoms with Gasteiger partial charge in [0, 0.05) is 42.2 Å². The van der Waals surface area contributed by atoms with Gasteiger partial charge in [-0.25, -0.2) is 4.79 Å². The predicted octanol–water partition coefficient (Wildman–Crippen LogP) is 7.27. The minimum absolute atomic E-state index is 0.0774. The molecule has 0 saturated heterocycles. The number of nitrogens with one attached hydrogen (secondary N) is 1. The predicted molar refractivity (Wildman–Crippen MR) is 147 cm³/mol. The fourth-order valence-corrected chi connectivity index (χ4v) is 5.45. The molecule has 2 aromatic carbocycles. The summed E-state index contributed by atoms with van der Waals surface area (Å²) in [6.45, 7) is 3.48. The zero-order valence-electron chi connectivity index (χ0n) is 23.1. The summed E-state index contributed by atoms with van der Waals surface area (Å²) in [4.78, 5) is 27.7. The monoisotopic (exact) mass is 600 g/mol. The molecule has 43 heavy (non-hydrogen) atoms. The van der Waals surface area contributed by atoms with Crippen LogP contribution in [0.3, 0.4) is 0 Å². The van der Waals surface area contributed by atoms with Crippen molar-refractivity contribution in [3.63, 3.8) is 0 Å². The van der Waals surface area contributed by atoms with E-state index in [9.17, 15) is 35.9 Å². The summed E-state index contributed by atoms with van der Waals surface area (Å²) in [6, 6.07) is 9.96. The molecule has 1 aliphatic carbocycles. The van der Waals surface area contributed by atoms with E-state index in [-0.39, 0.29) is 47.7 Å². The maximum atomic E-state index is 13.8. The number of halogens is 6. The number of alkyl halides is 6. The van der Waals surface area contributed by atoms with Crippen LogP contribution in [0.4, 0.5) is 26.3 Å². The van der Waals surface area contributed by atoms with E-state index in [1.165, 1.54) is 65.7 Å². The fraction of sp³-hybridized carbons (Fsp3) is 0.250. The molecule has 1 unspecified atom stereocenters. The molecular formula is C32H26F6N2O3. The van der Waals surface area contributed by atoms with Crippen molar-refractivity contribution in [2.24, 2.45) is 0 Å². The van der Waals surface area contributed by atoms with Gasteiger partial charge in [0.2, 0.25) is 0 Å². The molecule has 3 aliphatic rings. The van der Waals surface area contributed by atoms with Crippen LogP contribution in [0.25, 0.3) is 5.70 Å². The highest BCUT2D eigenvalue weighted by molar-refractivity contribution is 6.00. The lowest BCUT2D eigenvalue weighted by molar-refractivity contribution is -0.139. The van der Waals surface area contributed by atoms with Crippen molar-refractivity contribution < 1.29 is 40.7 Å². The summed E-state index contributed by atoms with van der Waals surface area (Å²) in [6.07, 6.45) is -3.52. The highest BCUT2D eigenvalue weighted by Gasteiger charge is 2.39. The van der Waals surface area contributed by atoms with Crippen molar-refractivity contribution in [1.29, 1.82) is 0 Å². The minimum atomic E-state index is -4.67. The van der Waals surface area contributed by atoms with E-state index in [4.69, 9.17) is 4.74 Å². The van der Waals surface area contributed by atoms with E-state index in [1.807, 2.05) is 0 Å². The molecule has 2 heterocycles.